The van der Waals surface area contributed by atoms with E-state index in [0.717, 1.165) is 19.3 Å². The third-order valence-electron chi connectivity index (χ3n) is 3.84. The number of rotatable bonds is 6. The Morgan fingerprint density at radius 1 is 1.17 bits per heavy atom. The fourth-order valence-corrected chi connectivity index (χ4v) is 2.56. The third kappa shape index (κ3) is 4.18. The Kier molecular flexibility index (Phi) is 5.51. The minimum Gasteiger partial charge on any atom is -0.316 e. The fourth-order valence-electron chi connectivity index (χ4n) is 2.56. The maximum absolute atomic E-state index is 12.2. The molecule has 1 aromatic carbocycles. The molecule has 1 aromatic heterocycles. The van der Waals surface area contributed by atoms with E-state index in [1.54, 1.807) is 12.1 Å². The van der Waals surface area contributed by atoms with Crippen molar-refractivity contribution in [1.29, 1.82) is 0 Å². The Morgan fingerprint density at radius 3 is 2.43 bits per heavy atom. The number of aromatic amines is 2. The van der Waals surface area contributed by atoms with Crippen LogP contribution in [-0.2, 0) is 0 Å². The average Bonchev–Trinajstić information content (AvgIpc) is 2.55. The first-order chi connectivity index (χ1) is 11.0. The van der Waals surface area contributed by atoms with E-state index in [4.69, 9.17) is 0 Å². The number of benzene rings is 1. The van der Waals surface area contributed by atoms with Gasteiger partial charge in [0.15, 0.2) is 0 Å². The van der Waals surface area contributed by atoms with Gasteiger partial charge in [-0.05, 0) is 36.5 Å². The summed E-state index contributed by atoms with van der Waals surface area (Å²) in [5.41, 5.74) is 0.446. The second kappa shape index (κ2) is 7.58. The van der Waals surface area contributed by atoms with Gasteiger partial charge < -0.3 is 10.3 Å². The fraction of sp³-hybridized carbons (Fsp3) is 0.353. The monoisotopic (exact) mass is 315 g/mol. The summed E-state index contributed by atoms with van der Waals surface area (Å²) in [4.78, 5) is 39.1. The van der Waals surface area contributed by atoms with Gasteiger partial charge in [-0.2, -0.15) is 0 Å². The molecule has 0 saturated heterocycles. The molecule has 1 unspecified atom stereocenters. The van der Waals surface area contributed by atoms with Crippen molar-refractivity contribution in [2.75, 3.05) is 5.32 Å². The number of nitrogens with one attached hydrogen (secondary N) is 3. The van der Waals surface area contributed by atoms with Crippen LogP contribution < -0.4 is 16.6 Å². The summed E-state index contributed by atoms with van der Waals surface area (Å²) in [7, 11) is 0. The molecule has 122 valence electrons. The number of carbonyl (C=O) groups is 1. The maximum Gasteiger partial charge on any atom is 0.325 e. The smallest absolute Gasteiger partial charge is 0.316 e. The van der Waals surface area contributed by atoms with Gasteiger partial charge in [-0.25, -0.2) is 4.79 Å². The molecule has 2 rings (SSSR count). The highest BCUT2D eigenvalue weighted by Gasteiger charge is 2.11. The summed E-state index contributed by atoms with van der Waals surface area (Å²) in [5.74, 6) is 0.108. The molecule has 0 radical (unpaired) electrons. The Labute approximate surface area is 134 Å². The first kappa shape index (κ1) is 16.7. The molecule has 0 aliphatic rings. The van der Waals surface area contributed by atoms with Crippen molar-refractivity contribution in [1.82, 2.24) is 9.97 Å². The predicted octanol–water partition coefficient (Wildman–Crippen LogP) is 2.61. The lowest BCUT2D eigenvalue weighted by Gasteiger charge is -2.14. The molecule has 3 N–H and O–H groups in total. The lowest BCUT2D eigenvalue weighted by Crippen LogP contribution is -2.26. The van der Waals surface area contributed by atoms with E-state index in [1.165, 1.54) is 11.8 Å². The lowest BCUT2D eigenvalue weighted by atomic mass is 9.91. The van der Waals surface area contributed by atoms with Crippen LogP contribution in [0.3, 0.4) is 0 Å². The van der Waals surface area contributed by atoms with Crippen molar-refractivity contribution in [3.05, 3.63) is 62.4 Å². The van der Waals surface area contributed by atoms with Crippen molar-refractivity contribution in [3.63, 3.8) is 0 Å². The van der Waals surface area contributed by atoms with Gasteiger partial charge in [-0.1, -0.05) is 32.4 Å². The van der Waals surface area contributed by atoms with Gasteiger partial charge in [0.05, 0.1) is 0 Å². The van der Waals surface area contributed by atoms with Crippen LogP contribution in [0.5, 0.6) is 0 Å². The molecule has 0 fully saturated rings. The number of hydrogen-bond acceptors (Lipinski definition) is 3. The number of aromatic nitrogens is 2. The van der Waals surface area contributed by atoms with E-state index in [1.807, 2.05) is 12.1 Å². The number of anilines is 1. The van der Waals surface area contributed by atoms with E-state index < -0.39 is 17.2 Å². The van der Waals surface area contributed by atoms with Crippen molar-refractivity contribution in [2.24, 2.45) is 0 Å². The molecule has 1 heterocycles. The van der Waals surface area contributed by atoms with Gasteiger partial charge in [0.25, 0.3) is 11.5 Å². The van der Waals surface area contributed by atoms with Crippen LogP contribution in [0.2, 0.25) is 0 Å². The summed E-state index contributed by atoms with van der Waals surface area (Å²) in [5, 5.41) is 2.49. The topological polar surface area (TPSA) is 94.8 Å². The maximum atomic E-state index is 12.2. The predicted molar refractivity (Wildman–Crippen MR) is 90.0 cm³/mol. The SMILES string of the molecule is CCCC(CC)c1ccc(C(=O)Nc2c[nH]c(=O)[nH]c2=O)cc1. The summed E-state index contributed by atoms with van der Waals surface area (Å²) in [6.07, 6.45) is 4.48. The number of amides is 1. The Morgan fingerprint density at radius 2 is 1.87 bits per heavy atom. The Bertz CT molecular complexity index is 775. The van der Waals surface area contributed by atoms with Gasteiger partial charge >= 0.3 is 5.69 Å². The molecule has 1 atom stereocenters. The first-order valence-electron chi connectivity index (χ1n) is 7.78. The summed E-state index contributed by atoms with van der Waals surface area (Å²) in [6, 6.07) is 7.41. The van der Waals surface area contributed by atoms with Gasteiger partial charge in [-0.3, -0.25) is 14.6 Å². The summed E-state index contributed by atoms with van der Waals surface area (Å²) in [6.45, 7) is 4.32. The Balaban J connectivity index is 2.14. The standard InChI is InChI=1S/C17H21N3O3/c1-3-5-11(4-2)12-6-8-13(9-7-12)15(21)19-14-10-18-17(23)20-16(14)22/h6-11H,3-5H2,1-2H3,(H,19,21)(H2,18,20,22,23). The molecule has 0 saturated carbocycles. The summed E-state index contributed by atoms with van der Waals surface area (Å²) < 4.78 is 0. The van der Waals surface area contributed by atoms with Crippen molar-refractivity contribution >= 4 is 11.6 Å². The zero-order chi connectivity index (χ0) is 16.8. The van der Waals surface area contributed by atoms with Gasteiger partial charge in [-0.15, -0.1) is 0 Å². The molecule has 0 bridgehead atoms. The lowest BCUT2D eigenvalue weighted by molar-refractivity contribution is 0.102. The molecule has 0 aliphatic heterocycles. The van der Waals surface area contributed by atoms with E-state index in [0.29, 0.717) is 11.5 Å². The van der Waals surface area contributed by atoms with Crippen LogP contribution >= 0.6 is 0 Å². The van der Waals surface area contributed by atoms with Crippen LogP contribution in [0.1, 0.15) is 54.9 Å². The average molecular weight is 315 g/mol. The molecule has 1 amide bonds. The van der Waals surface area contributed by atoms with Crippen LogP contribution in [0, 0.1) is 0 Å². The first-order valence-corrected chi connectivity index (χ1v) is 7.78. The van der Waals surface area contributed by atoms with Crippen molar-refractivity contribution in [2.45, 2.75) is 39.0 Å². The largest absolute Gasteiger partial charge is 0.325 e. The van der Waals surface area contributed by atoms with Crippen molar-refractivity contribution in [3.8, 4) is 0 Å². The number of carbonyl (C=O) groups excluding carboxylic acids is 1. The molecule has 0 aliphatic carbocycles. The third-order valence-corrected chi connectivity index (χ3v) is 3.84. The van der Waals surface area contributed by atoms with Crippen LogP contribution in [-0.4, -0.2) is 15.9 Å². The second-order valence-corrected chi connectivity index (χ2v) is 5.46. The van der Waals surface area contributed by atoms with E-state index >= 15 is 0 Å². The molecular weight excluding hydrogens is 294 g/mol. The zero-order valence-corrected chi connectivity index (χ0v) is 13.3. The van der Waals surface area contributed by atoms with Gasteiger partial charge in [0, 0.05) is 11.8 Å². The highest BCUT2D eigenvalue weighted by atomic mass is 16.2. The van der Waals surface area contributed by atoms with E-state index in [-0.39, 0.29) is 5.69 Å². The molecular formula is C17H21N3O3. The van der Waals surface area contributed by atoms with Crippen LogP contribution in [0.15, 0.2) is 40.1 Å². The van der Waals surface area contributed by atoms with Gasteiger partial charge in [0.1, 0.15) is 5.69 Å². The Hall–Kier alpha value is -2.63. The quantitative estimate of drug-likeness (QED) is 0.764. The molecule has 2 aromatic rings. The number of hydrogen-bond donors (Lipinski definition) is 3. The van der Waals surface area contributed by atoms with Crippen molar-refractivity contribution < 1.29 is 4.79 Å². The van der Waals surface area contributed by atoms with E-state index in [2.05, 4.69) is 29.1 Å². The molecule has 6 heteroatoms. The summed E-state index contributed by atoms with van der Waals surface area (Å²) >= 11 is 0. The van der Waals surface area contributed by atoms with Gasteiger partial charge in [0.2, 0.25) is 0 Å². The number of H-pyrrole nitrogens is 2. The normalized spacial score (nSPS) is 11.9. The second-order valence-electron chi connectivity index (χ2n) is 5.46. The minimum atomic E-state index is -0.632. The minimum absolute atomic E-state index is 0.0103. The van der Waals surface area contributed by atoms with E-state index in [9.17, 15) is 14.4 Å². The van der Waals surface area contributed by atoms with Crippen LogP contribution in [0.4, 0.5) is 5.69 Å². The highest BCUT2D eigenvalue weighted by molar-refractivity contribution is 6.04. The molecule has 23 heavy (non-hydrogen) atoms. The van der Waals surface area contributed by atoms with Crippen LogP contribution in [0.25, 0.3) is 0 Å². The highest BCUT2D eigenvalue weighted by Crippen LogP contribution is 2.24. The molecule has 6 nitrogen and oxygen atoms in total. The zero-order valence-electron chi connectivity index (χ0n) is 13.3. The molecule has 0 spiro atoms.